The Morgan fingerprint density at radius 3 is 2.90 bits per heavy atom. The van der Waals surface area contributed by atoms with E-state index in [2.05, 4.69) is 40.5 Å². The molecule has 0 aliphatic heterocycles. The van der Waals surface area contributed by atoms with Gasteiger partial charge in [0.05, 0.1) is 5.39 Å². The van der Waals surface area contributed by atoms with Crippen molar-refractivity contribution in [3.05, 3.63) is 11.4 Å². The molecule has 2 rings (SSSR count). The molecular formula is C15H24N4OS. The zero-order valence-corrected chi connectivity index (χ0v) is 13.5. The first-order valence-electron chi connectivity index (χ1n) is 7.58. The number of hydrogen-bond donors (Lipinski definition) is 3. The van der Waals surface area contributed by atoms with Crippen LogP contribution in [0.15, 0.2) is 11.4 Å². The predicted octanol–water partition coefficient (Wildman–Crippen LogP) is 3.33. The van der Waals surface area contributed by atoms with E-state index in [0.29, 0.717) is 11.9 Å². The van der Waals surface area contributed by atoms with Gasteiger partial charge in [-0.2, -0.15) is 4.98 Å². The van der Waals surface area contributed by atoms with E-state index in [1.54, 1.807) is 11.3 Å². The van der Waals surface area contributed by atoms with Crippen LogP contribution in [0.25, 0.3) is 10.2 Å². The van der Waals surface area contributed by atoms with Gasteiger partial charge >= 0.3 is 0 Å². The van der Waals surface area contributed by atoms with Gasteiger partial charge in [-0.05, 0) is 36.6 Å². The van der Waals surface area contributed by atoms with Crippen LogP contribution in [0.2, 0.25) is 0 Å². The summed E-state index contributed by atoms with van der Waals surface area (Å²) in [4.78, 5) is 10.1. The fraction of sp³-hybridized carbons (Fsp3) is 0.600. The number of fused-ring (bicyclic) bond motifs is 1. The minimum Gasteiger partial charge on any atom is -0.396 e. The molecule has 2 aromatic rings. The Labute approximate surface area is 129 Å². The molecule has 1 atom stereocenters. The Morgan fingerprint density at radius 2 is 2.14 bits per heavy atom. The van der Waals surface area contributed by atoms with Gasteiger partial charge < -0.3 is 15.7 Å². The number of hydrogen-bond acceptors (Lipinski definition) is 6. The van der Waals surface area contributed by atoms with E-state index in [-0.39, 0.29) is 6.61 Å². The second-order valence-corrected chi connectivity index (χ2v) is 6.21. The highest BCUT2D eigenvalue weighted by Crippen LogP contribution is 2.26. The summed E-state index contributed by atoms with van der Waals surface area (Å²) in [6, 6.07) is 2.06. The molecule has 6 heteroatoms. The smallest absolute Gasteiger partial charge is 0.226 e. The lowest BCUT2D eigenvalue weighted by atomic mass is 10.1. The first-order valence-corrected chi connectivity index (χ1v) is 8.46. The third-order valence-electron chi connectivity index (χ3n) is 3.34. The molecule has 0 saturated carbocycles. The molecule has 1 unspecified atom stereocenters. The average Bonchev–Trinajstić information content (AvgIpc) is 2.97. The Kier molecular flexibility index (Phi) is 6.20. The van der Waals surface area contributed by atoms with Gasteiger partial charge in [-0.1, -0.05) is 13.8 Å². The van der Waals surface area contributed by atoms with Crippen molar-refractivity contribution >= 4 is 33.3 Å². The number of aromatic nitrogens is 2. The summed E-state index contributed by atoms with van der Waals surface area (Å²) in [5.74, 6) is 1.95. The summed E-state index contributed by atoms with van der Waals surface area (Å²) in [6.45, 7) is 6.18. The number of thiophene rings is 1. The van der Waals surface area contributed by atoms with E-state index in [9.17, 15) is 0 Å². The van der Waals surface area contributed by atoms with Crippen LogP contribution in [-0.4, -0.2) is 34.8 Å². The summed E-state index contributed by atoms with van der Waals surface area (Å²) in [7, 11) is 0. The number of rotatable bonds is 9. The highest BCUT2D eigenvalue weighted by molar-refractivity contribution is 7.16. The van der Waals surface area contributed by atoms with E-state index in [1.165, 1.54) is 0 Å². The average molecular weight is 308 g/mol. The lowest BCUT2D eigenvalue weighted by Gasteiger charge is -2.11. The van der Waals surface area contributed by atoms with Crippen LogP contribution in [0.1, 0.15) is 33.1 Å². The second kappa shape index (κ2) is 8.14. The zero-order chi connectivity index (χ0) is 15.1. The molecule has 5 nitrogen and oxygen atoms in total. The number of nitrogens with zero attached hydrogens (tertiary/aromatic N) is 2. The van der Waals surface area contributed by atoms with Gasteiger partial charge in [0.25, 0.3) is 0 Å². The van der Waals surface area contributed by atoms with Crippen LogP contribution in [0.3, 0.4) is 0 Å². The van der Waals surface area contributed by atoms with E-state index in [1.807, 2.05) is 5.38 Å². The molecule has 3 N–H and O–H groups in total. The van der Waals surface area contributed by atoms with Crippen LogP contribution in [0.4, 0.5) is 11.8 Å². The minimum atomic E-state index is 0.257. The van der Waals surface area contributed by atoms with Crippen LogP contribution in [0.5, 0.6) is 0 Å². The summed E-state index contributed by atoms with van der Waals surface area (Å²) in [5.41, 5.74) is 0. The number of anilines is 2. The lowest BCUT2D eigenvalue weighted by Crippen LogP contribution is -2.10. The van der Waals surface area contributed by atoms with Crippen molar-refractivity contribution in [2.45, 2.75) is 33.1 Å². The molecule has 0 spiro atoms. The third kappa shape index (κ3) is 4.54. The first kappa shape index (κ1) is 16.0. The van der Waals surface area contributed by atoms with Crippen molar-refractivity contribution < 1.29 is 5.11 Å². The van der Waals surface area contributed by atoms with Crippen molar-refractivity contribution in [1.29, 1.82) is 0 Å². The van der Waals surface area contributed by atoms with Crippen LogP contribution in [-0.2, 0) is 0 Å². The van der Waals surface area contributed by atoms with E-state index >= 15 is 0 Å². The maximum absolute atomic E-state index is 9.04. The maximum Gasteiger partial charge on any atom is 0.226 e. The second-order valence-electron chi connectivity index (χ2n) is 5.32. The molecule has 0 saturated heterocycles. The van der Waals surface area contributed by atoms with Gasteiger partial charge in [-0.15, -0.1) is 11.3 Å². The lowest BCUT2D eigenvalue weighted by molar-refractivity contribution is 0.229. The minimum absolute atomic E-state index is 0.257. The highest BCUT2D eigenvalue weighted by atomic mass is 32.1. The summed E-state index contributed by atoms with van der Waals surface area (Å²) in [5, 5.41) is 18.8. The molecule has 2 aromatic heterocycles. The Bertz CT molecular complexity index is 558. The molecule has 116 valence electrons. The molecule has 0 aliphatic rings. The molecule has 0 aliphatic carbocycles. The van der Waals surface area contributed by atoms with Gasteiger partial charge in [0.1, 0.15) is 10.6 Å². The molecule has 0 bridgehead atoms. The quantitative estimate of drug-likeness (QED) is 0.620. The van der Waals surface area contributed by atoms with E-state index in [4.69, 9.17) is 5.11 Å². The monoisotopic (exact) mass is 308 g/mol. The normalized spacial score (nSPS) is 12.5. The van der Waals surface area contributed by atoms with Gasteiger partial charge in [-0.25, -0.2) is 4.98 Å². The fourth-order valence-electron chi connectivity index (χ4n) is 2.05. The summed E-state index contributed by atoms with van der Waals surface area (Å²) >= 11 is 1.63. The van der Waals surface area contributed by atoms with Gasteiger partial charge in [0.2, 0.25) is 5.95 Å². The van der Waals surface area contributed by atoms with Crippen molar-refractivity contribution in [3.8, 4) is 0 Å². The fourth-order valence-corrected chi connectivity index (χ4v) is 2.82. The zero-order valence-electron chi connectivity index (χ0n) is 12.7. The number of aliphatic hydroxyl groups excluding tert-OH is 1. The third-order valence-corrected chi connectivity index (χ3v) is 4.14. The molecule has 0 amide bonds. The first-order chi connectivity index (χ1) is 10.2. The van der Waals surface area contributed by atoms with Gasteiger partial charge in [-0.3, -0.25) is 0 Å². The molecule has 0 fully saturated rings. The summed E-state index contributed by atoms with van der Waals surface area (Å²) < 4.78 is 0. The molecule has 0 radical (unpaired) electrons. The Balaban J connectivity index is 2.01. The standard InChI is InChI=1S/C15H24N4OS/c1-3-7-17-15-18-13(12-6-9-21-14(12)19-15)16-8-4-5-11(2)10-20/h6,9,11,20H,3-5,7-8,10H2,1-2H3,(H2,16,17,18,19). The molecule has 21 heavy (non-hydrogen) atoms. The van der Waals surface area contributed by atoms with Crippen LogP contribution < -0.4 is 10.6 Å². The summed E-state index contributed by atoms with van der Waals surface area (Å²) in [6.07, 6.45) is 3.09. The van der Waals surface area contributed by atoms with Crippen molar-refractivity contribution in [3.63, 3.8) is 0 Å². The molecule has 0 aromatic carbocycles. The predicted molar refractivity (Wildman–Crippen MR) is 90.2 cm³/mol. The number of aliphatic hydroxyl groups is 1. The number of nitrogens with one attached hydrogen (secondary N) is 2. The largest absolute Gasteiger partial charge is 0.396 e. The maximum atomic E-state index is 9.04. The van der Waals surface area contributed by atoms with Gasteiger partial charge in [0.15, 0.2) is 0 Å². The van der Waals surface area contributed by atoms with Crippen molar-refractivity contribution in [2.24, 2.45) is 5.92 Å². The van der Waals surface area contributed by atoms with Crippen molar-refractivity contribution in [2.75, 3.05) is 30.3 Å². The van der Waals surface area contributed by atoms with Crippen LogP contribution >= 0.6 is 11.3 Å². The van der Waals surface area contributed by atoms with Gasteiger partial charge in [0, 0.05) is 19.7 Å². The highest BCUT2D eigenvalue weighted by Gasteiger charge is 2.08. The molecular weight excluding hydrogens is 284 g/mol. The van der Waals surface area contributed by atoms with Crippen molar-refractivity contribution in [1.82, 2.24) is 9.97 Å². The van der Waals surface area contributed by atoms with Crippen LogP contribution in [0, 0.1) is 5.92 Å². The van der Waals surface area contributed by atoms with E-state index in [0.717, 1.165) is 48.4 Å². The topological polar surface area (TPSA) is 70.1 Å². The SMILES string of the molecule is CCCNc1nc(NCCCC(C)CO)c2ccsc2n1. The molecule has 2 heterocycles. The Hall–Kier alpha value is -1.40. The van der Waals surface area contributed by atoms with E-state index < -0.39 is 0 Å². The Morgan fingerprint density at radius 1 is 1.29 bits per heavy atom.